The predicted octanol–water partition coefficient (Wildman–Crippen LogP) is 5.43. The molecule has 0 unspecified atom stereocenters. The van der Waals surface area contributed by atoms with E-state index < -0.39 is 0 Å². The van der Waals surface area contributed by atoms with Crippen LogP contribution in [0, 0.1) is 0 Å². The average molecular weight is 474 g/mol. The minimum absolute atomic E-state index is 0.239. The van der Waals surface area contributed by atoms with Gasteiger partial charge in [0.1, 0.15) is 0 Å². The van der Waals surface area contributed by atoms with E-state index in [0.717, 1.165) is 0 Å². The lowest BCUT2D eigenvalue weighted by atomic mass is 9.79. The summed E-state index contributed by atoms with van der Waals surface area (Å²) >= 11 is 0. The number of unbranched alkanes of at least 4 members (excludes halogenated alkanes) is 3. The van der Waals surface area contributed by atoms with Gasteiger partial charge in [0.15, 0.2) is 0 Å². The number of nitrogens with zero attached hydrogens (tertiary/aromatic N) is 1. The molecule has 0 saturated carbocycles. The van der Waals surface area contributed by atoms with E-state index in [0.29, 0.717) is 12.1 Å². The lowest BCUT2D eigenvalue weighted by molar-refractivity contribution is 0.145. The summed E-state index contributed by atoms with van der Waals surface area (Å²) in [6.07, 6.45) is 13.7. The standard InChI is InChI=1S/C24H50N4.C5H5N/c1-21(2)15-19(16-22(3,4)27-21)25-13-11-9-10-12-14-26-20-17-23(5,6)28-24(7,8)18-20;1-2-4-6-5-3-1/h19-20,25-28H,9-18H2,1-8H3;1-5H. The second-order valence-electron chi connectivity index (χ2n) is 13.3. The minimum atomic E-state index is 0.239. The molecule has 0 spiro atoms. The summed E-state index contributed by atoms with van der Waals surface area (Å²) in [5.74, 6) is 0. The highest BCUT2D eigenvalue weighted by molar-refractivity contribution is 5.00. The van der Waals surface area contributed by atoms with Crippen molar-refractivity contribution < 1.29 is 0 Å². The van der Waals surface area contributed by atoms with Crippen molar-refractivity contribution in [1.29, 1.82) is 0 Å². The first-order valence-corrected chi connectivity index (χ1v) is 13.7. The summed E-state index contributed by atoms with van der Waals surface area (Å²) in [6, 6.07) is 7.02. The number of pyridine rings is 1. The zero-order valence-electron chi connectivity index (χ0n) is 23.6. The van der Waals surface area contributed by atoms with E-state index in [9.17, 15) is 0 Å². The highest BCUT2D eigenvalue weighted by Gasteiger charge is 2.38. The molecule has 196 valence electrons. The lowest BCUT2D eigenvalue weighted by Gasteiger charge is -2.47. The predicted molar refractivity (Wildman–Crippen MR) is 147 cm³/mol. The van der Waals surface area contributed by atoms with E-state index in [1.54, 1.807) is 12.4 Å². The van der Waals surface area contributed by atoms with Crippen molar-refractivity contribution in [1.82, 2.24) is 26.3 Å². The zero-order chi connectivity index (χ0) is 25.3. The molecule has 0 bridgehead atoms. The van der Waals surface area contributed by atoms with Gasteiger partial charge in [0.05, 0.1) is 0 Å². The third-order valence-electron chi connectivity index (χ3n) is 6.92. The first-order chi connectivity index (χ1) is 15.8. The van der Waals surface area contributed by atoms with Gasteiger partial charge in [0.2, 0.25) is 0 Å². The molecule has 0 aromatic carbocycles. The quantitative estimate of drug-likeness (QED) is 0.361. The maximum Gasteiger partial charge on any atom is 0.0267 e. The smallest absolute Gasteiger partial charge is 0.0267 e. The van der Waals surface area contributed by atoms with Crippen molar-refractivity contribution >= 4 is 0 Å². The molecule has 2 aliphatic heterocycles. The minimum Gasteiger partial charge on any atom is -0.314 e. The lowest BCUT2D eigenvalue weighted by Crippen LogP contribution is -2.61. The van der Waals surface area contributed by atoms with Gasteiger partial charge < -0.3 is 21.3 Å². The van der Waals surface area contributed by atoms with Crippen LogP contribution < -0.4 is 21.3 Å². The van der Waals surface area contributed by atoms with Crippen molar-refractivity contribution in [2.45, 2.75) is 141 Å². The summed E-state index contributed by atoms with van der Waals surface area (Å²) in [5.41, 5.74) is 0.956. The SMILES string of the molecule is CC1(C)CC(NCCCCCCNC2CC(C)(C)NC(C)(C)C2)CC(C)(C)N1.c1ccncc1. The van der Waals surface area contributed by atoms with Gasteiger partial charge in [-0.05, 0) is 119 Å². The van der Waals surface area contributed by atoms with E-state index in [2.05, 4.69) is 81.6 Å². The van der Waals surface area contributed by atoms with Gasteiger partial charge in [-0.1, -0.05) is 18.9 Å². The molecule has 2 fully saturated rings. The molecule has 3 heterocycles. The van der Waals surface area contributed by atoms with Gasteiger partial charge in [-0.25, -0.2) is 0 Å². The molecular formula is C29H55N5. The van der Waals surface area contributed by atoms with Crippen LogP contribution in [-0.2, 0) is 0 Å². The van der Waals surface area contributed by atoms with Crippen LogP contribution in [0.4, 0.5) is 0 Å². The van der Waals surface area contributed by atoms with Gasteiger partial charge in [-0.15, -0.1) is 0 Å². The van der Waals surface area contributed by atoms with E-state index >= 15 is 0 Å². The Balaban J connectivity index is 0.000000589. The number of hydrogen-bond donors (Lipinski definition) is 4. The molecule has 0 amide bonds. The fraction of sp³-hybridized carbons (Fsp3) is 0.828. The van der Waals surface area contributed by atoms with Gasteiger partial charge >= 0.3 is 0 Å². The van der Waals surface area contributed by atoms with Crippen LogP contribution in [0.15, 0.2) is 30.6 Å². The summed E-state index contributed by atoms with van der Waals surface area (Å²) < 4.78 is 0. The van der Waals surface area contributed by atoms with Crippen LogP contribution in [-0.4, -0.2) is 52.3 Å². The maximum absolute atomic E-state index is 3.83. The Hall–Kier alpha value is -1.01. The average Bonchev–Trinajstić information content (AvgIpc) is 2.67. The van der Waals surface area contributed by atoms with Gasteiger partial charge in [-0.3, -0.25) is 4.98 Å². The molecule has 1 aromatic rings. The molecule has 2 aliphatic rings. The molecular weight excluding hydrogens is 418 g/mol. The third kappa shape index (κ3) is 12.1. The summed E-state index contributed by atoms with van der Waals surface area (Å²) in [5, 5.41) is 15.2. The summed E-state index contributed by atoms with van der Waals surface area (Å²) in [4.78, 5) is 3.78. The van der Waals surface area contributed by atoms with E-state index in [1.807, 2.05) is 18.2 Å². The Bertz CT molecular complexity index is 580. The normalized spacial score (nSPS) is 23.6. The van der Waals surface area contributed by atoms with Crippen molar-refractivity contribution in [2.75, 3.05) is 13.1 Å². The highest BCUT2D eigenvalue weighted by Crippen LogP contribution is 2.29. The number of hydrogen-bond acceptors (Lipinski definition) is 5. The summed E-state index contributed by atoms with van der Waals surface area (Å²) in [7, 11) is 0. The summed E-state index contributed by atoms with van der Waals surface area (Å²) in [6.45, 7) is 21.0. The van der Waals surface area contributed by atoms with Crippen molar-refractivity contribution in [3.8, 4) is 0 Å². The number of rotatable bonds is 9. The maximum atomic E-state index is 3.83. The van der Waals surface area contributed by atoms with Gasteiger partial charge in [0.25, 0.3) is 0 Å². The van der Waals surface area contributed by atoms with Crippen LogP contribution in [0.3, 0.4) is 0 Å². The second kappa shape index (κ2) is 12.8. The fourth-order valence-corrected chi connectivity index (χ4v) is 6.46. The van der Waals surface area contributed by atoms with Crippen molar-refractivity contribution in [3.63, 3.8) is 0 Å². The van der Waals surface area contributed by atoms with Crippen molar-refractivity contribution in [2.24, 2.45) is 0 Å². The van der Waals surface area contributed by atoms with Crippen LogP contribution in [0.1, 0.15) is 107 Å². The van der Waals surface area contributed by atoms with Gasteiger partial charge in [-0.2, -0.15) is 0 Å². The Kier molecular flexibility index (Phi) is 11.0. The first-order valence-electron chi connectivity index (χ1n) is 13.7. The Morgan fingerprint density at radius 2 is 0.941 bits per heavy atom. The monoisotopic (exact) mass is 473 g/mol. The third-order valence-corrected chi connectivity index (χ3v) is 6.92. The van der Waals surface area contributed by atoms with Crippen molar-refractivity contribution in [3.05, 3.63) is 30.6 Å². The molecule has 2 saturated heterocycles. The topological polar surface area (TPSA) is 61.0 Å². The Morgan fingerprint density at radius 3 is 1.21 bits per heavy atom. The molecule has 0 atom stereocenters. The first kappa shape index (κ1) is 29.2. The highest BCUT2D eigenvalue weighted by atomic mass is 15.1. The zero-order valence-corrected chi connectivity index (χ0v) is 23.6. The number of nitrogens with one attached hydrogen (secondary N) is 4. The number of piperidine rings is 2. The number of aromatic nitrogens is 1. The van der Waals surface area contributed by atoms with Crippen LogP contribution in [0.5, 0.6) is 0 Å². The molecule has 1 aromatic heterocycles. The van der Waals surface area contributed by atoms with Gasteiger partial charge in [0, 0.05) is 46.6 Å². The molecule has 5 nitrogen and oxygen atoms in total. The van der Waals surface area contributed by atoms with Crippen LogP contribution >= 0.6 is 0 Å². The van der Waals surface area contributed by atoms with Crippen LogP contribution in [0.25, 0.3) is 0 Å². The molecule has 0 aliphatic carbocycles. The van der Waals surface area contributed by atoms with E-state index in [-0.39, 0.29) is 22.2 Å². The second-order valence-corrected chi connectivity index (χ2v) is 13.3. The molecule has 3 rings (SSSR count). The Labute approximate surface area is 211 Å². The molecule has 34 heavy (non-hydrogen) atoms. The van der Waals surface area contributed by atoms with E-state index in [4.69, 9.17) is 0 Å². The van der Waals surface area contributed by atoms with E-state index in [1.165, 1.54) is 64.5 Å². The van der Waals surface area contributed by atoms with Crippen LogP contribution in [0.2, 0.25) is 0 Å². The fourth-order valence-electron chi connectivity index (χ4n) is 6.46. The largest absolute Gasteiger partial charge is 0.314 e. The molecule has 4 N–H and O–H groups in total. The molecule has 0 radical (unpaired) electrons. The molecule has 5 heteroatoms. The Morgan fingerprint density at radius 1 is 0.588 bits per heavy atom.